The summed E-state index contributed by atoms with van der Waals surface area (Å²) in [5.74, 6) is 0.817. The van der Waals surface area contributed by atoms with Gasteiger partial charge in [0.05, 0.1) is 21.6 Å². The number of alkyl halides is 3. The van der Waals surface area contributed by atoms with Crippen molar-refractivity contribution in [2.24, 2.45) is 4.36 Å². The van der Waals surface area contributed by atoms with Crippen molar-refractivity contribution in [2.45, 2.75) is 39.3 Å². The largest absolute Gasteiger partial charge is 0.454 e. The van der Waals surface area contributed by atoms with Crippen LogP contribution in [0.25, 0.3) is 16.7 Å². The highest BCUT2D eigenvalue weighted by Gasteiger charge is 2.34. The molecule has 0 aliphatic rings. The van der Waals surface area contributed by atoms with Crippen molar-refractivity contribution in [3.05, 3.63) is 87.7 Å². The Kier molecular flexibility index (Phi) is 7.89. The maximum absolute atomic E-state index is 13.3. The zero-order valence-electron chi connectivity index (χ0n) is 20.2. The van der Waals surface area contributed by atoms with E-state index in [0.717, 1.165) is 22.9 Å². The maximum Gasteiger partial charge on any atom is 0.454 e. The summed E-state index contributed by atoms with van der Waals surface area (Å²) in [5.41, 5.74) is 3.08. The summed E-state index contributed by atoms with van der Waals surface area (Å²) in [4.78, 5) is 16.1. The van der Waals surface area contributed by atoms with E-state index in [1.54, 1.807) is 16.7 Å². The van der Waals surface area contributed by atoms with Gasteiger partial charge in [-0.05, 0) is 61.2 Å². The molecule has 0 saturated heterocycles. The molecule has 0 unspecified atom stereocenters. The number of fused-ring (bicyclic) bond motifs is 1. The normalized spacial score (nSPS) is 11.5. The molecule has 198 valence electrons. The molecule has 1 amide bonds. The predicted octanol–water partition coefficient (Wildman–Crippen LogP) is 6.92. The van der Waals surface area contributed by atoms with Gasteiger partial charge in [-0.3, -0.25) is 4.57 Å². The number of hydrogen-bond acceptors (Lipinski definition) is 5. The van der Waals surface area contributed by atoms with Crippen molar-refractivity contribution in [1.82, 2.24) is 9.55 Å². The summed E-state index contributed by atoms with van der Waals surface area (Å²) in [7, 11) is -2.91. The summed E-state index contributed by atoms with van der Waals surface area (Å²) < 4.78 is 70.9. The van der Waals surface area contributed by atoms with Gasteiger partial charge in [-0.15, -0.1) is 0 Å². The van der Waals surface area contributed by atoms with Crippen molar-refractivity contribution < 1.29 is 31.1 Å². The third-order valence-electron chi connectivity index (χ3n) is 5.87. The van der Waals surface area contributed by atoms with Crippen molar-refractivity contribution in [3.63, 3.8) is 0 Å². The minimum atomic E-state index is -4.58. The molecule has 1 heterocycles. The van der Waals surface area contributed by atoms with Crippen LogP contribution in [0.2, 0.25) is 5.02 Å². The minimum Gasteiger partial charge on any atom is -0.408 e. The Balaban J connectivity index is 1.59. The van der Waals surface area contributed by atoms with Crippen LogP contribution in [0.1, 0.15) is 35.0 Å². The highest BCUT2D eigenvalue weighted by molar-refractivity contribution is 7.62. The van der Waals surface area contributed by atoms with Gasteiger partial charge >= 0.3 is 22.8 Å². The molecule has 0 atom stereocenters. The van der Waals surface area contributed by atoms with Crippen molar-refractivity contribution in [2.75, 3.05) is 0 Å². The summed E-state index contributed by atoms with van der Waals surface area (Å²) in [6.07, 6.45) is -4.24. The SMILES string of the molecule is CCc1nc2cc(C(F)(F)F)c(Cl)cc2n1-c1ccc(CCc2cc(C)ccc2OC(=O)N=S(=O)=O)cc1. The lowest BCUT2D eigenvalue weighted by atomic mass is 10.0. The van der Waals surface area contributed by atoms with Crippen molar-refractivity contribution in [3.8, 4) is 11.4 Å². The number of carbonyl (C=O) groups is 1. The van der Waals surface area contributed by atoms with Gasteiger partial charge in [-0.25, -0.2) is 9.78 Å². The number of aromatic nitrogens is 2. The zero-order valence-corrected chi connectivity index (χ0v) is 21.8. The third-order valence-corrected chi connectivity index (χ3v) is 6.49. The maximum atomic E-state index is 13.3. The lowest BCUT2D eigenvalue weighted by Gasteiger charge is -2.12. The van der Waals surface area contributed by atoms with Crippen LogP contribution in [-0.2, 0) is 35.9 Å². The molecule has 4 rings (SSSR count). The number of rotatable bonds is 6. The lowest BCUT2D eigenvalue weighted by molar-refractivity contribution is -0.137. The molecule has 4 aromatic rings. The number of hydrogen-bond donors (Lipinski definition) is 0. The van der Waals surface area contributed by atoms with E-state index in [2.05, 4.69) is 9.35 Å². The molecule has 0 N–H and O–H groups in total. The van der Waals surface area contributed by atoms with Crippen LogP contribution in [0.3, 0.4) is 0 Å². The van der Waals surface area contributed by atoms with Crippen LogP contribution in [0.5, 0.6) is 5.75 Å². The van der Waals surface area contributed by atoms with Gasteiger partial charge in [0.2, 0.25) is 0 Å². The first-order valence-corrected chi connectivity index (χ1v) is 12.9. The summed E-state index contributed by atoms with van der Waals surface area (Å²) in [6.45, 7) is 3.75. The summed E-state index contributed by atoms with van der Waals surface area (Å²) >= 11 is 5.98. The number of halogens is 4. The highest BCUT2D eigenvalue weighted by Crippen LogP contribution is 2.38. The highest BCUT2D eigenvalue weighted by atomic mass is 35.5. The van der Waals surface area contributed by atoms with Gasteiger partial charge in [-0.2, -0.15) is 21.6 Å². The second-order valence-corrected chi connectivity index (χ2v) is 9.51. The Labute approximate surface area is 222 Å². The smallest absolute Gasteiger partial charge is 0.408 e. The number of ether oxygens (including phenoxy) is 1. The average molecular weight is 564 g/mol. The van der Waals surface area contributed by atoms with Gasteiger partial charge in [0.1, 0.15) is 11.6 Å². The quantitative estimate of drug-likeness (QED) is 0.254. The van der Waals surface area contributed by atoms with E-state index in [9.17, 15) is 26.4 Å². The summed E-state index contributed by atoms with van der Waals surface area (Å²) in [6, 6.07) is 14.9. The Morgan fingerprint density at radius 2 is 1.79 bits per heavy atom. The zero-order chi connectivity index (χ0) is 27.6. The fourth-order valence-electron chi connectivity index (χ4n) is 4.16. The first kappa shape index (κ1) is 27.3. The molecule has 0 fully saturated rings. The van der Waals surface area contributed by atoms with E-state index in [1.807, 2.05) is 44.2 Å². The Bertz CT molecular complexity index is 1660. The fraction of sp³-hybridized carbons (Fsp3) is 0.231. The third kappa shape index (κ3) is 6.05. The van der Waals surface area contributed by atoms with Gasteiger partial charge in [0.25, 0.3) is 0 Å². The average Bonchev–Trinajstić information content (AvgIpc) is 3.20. The number of aryl methyl sites for hydroxylation is 4. The van der Waals surface area contributed by atoms with E-state index in [1.165, 1.54) is 6.07 Å². The van der Waals surface area contributed by atoms with Gasteiger partial charge in [0, 0.05) is 12.1 Å². The number of benzene rings is 3. The monoisotopic (exact) mass is 563 g/mol. The second kappa shape index (κ2) is 11.0. The molecule has 1 aromatic heterocycles. The van der Waals surface area contributed by atoms with E-state index in [-0.39, 0.29) is 11.3 Å². The molecule has 7 nitrogen and oxygen atoms in total. The van der Waals surface area contributed by atoms with Crippen LogP contribution in [0.15, 0.2) is 59.0 Å². The van der Waals surface area contributed by atoms with Gasteiger partial charge in [-0.1, -0.05) is 52.7 Å². The molecule has 38 heavy (non-hydrogen) atoms. The molecule has 0 radical (unpaired) electrons. The predicted molar refractivity (Wildman–Crippen MR) is 136 cm³/mol. The Hall–Kier alpha value is -3.70. The number of carbonyl (C=O) groups excluding carboxylic acids is 1. The van der Waals surface area contributed by atoms with Crippen LogP contribution in [0, 0.1) is 6.92 Å². The fourth-order valence-corrected chi connectivity index (χ4v) is 4.58. The molecule has 12 heteroatoms. The van der Waals surface area contributed by atoms with Gasteiger partial charge in [0.15, 0.2) is 0 Å². The lowest BCUT2D eigenvalue weighted by Crippen LogP contribution is -2.06. The first-order chi connectivity index (χ1) is 18.0. The molecular formula is C26H21ClF3N3O4S. The molecule has 0 bridgehead atoms. The molecule has 0 spiro atoms. The number of amides is 1. The summed E-state index contributed by atoms with van der Waals surface area (Å²) in [5, 5.41) is -0.394. The standard InChI is InChI=1S/C26H21ClF3N3O4S/c1-3-24-31-21-13-19(26(28,29)30)20(27)14-22(21)33(24)18-9-6-16(7-10-18)5-8-17-12-15(2)4-11-23(17)37-25(34)32-38(35)36/h4,6-7,9-14H,3,5,8H2,1-2H3. The van der Waals surface area contributed by atoms with E-state index < -0.39 is 33.4 Å². The molecule has 0 saturated carbocycles. The van der Waals surface area contributed by atoms with E-state index in [0.29, 0.717) is 36.2 Å². The Morgan fingerprint density at radius 3 is 2.42 bits per heavy atom. The molecular weight excluding hydrogens is 543 g/mol. The number of imidazole rings is 1. The first-order valence-electron chi connectivity index (χ1n) is 11.5. The van der Waals surface area contributed by atoms with E-state index >= 15 is 0 Å². The van der Waals surface area contributed by atoms with Crippen molar-refractivity contribution >= 4 is 39.2 Å². The van der Waals surface area contributed by atoms with Crippen LogP contribution < -0.4 is 4.74 Å². The van der Waals surface area contributed by atoms with Gasteiger partial charge < -0.3 is 4.74 Å². The molecule has 0 aliphatic carbocycles. The number of nitrogens with zero attached hydrogens (tertiary/aromatic N) is 3. The second-order valence-electron chi connectivity index (χ2n) is 8.49. The topological polar surface area (TPSA) is 90.6 Å². The van der Waals surface area contributed by atoms with E-state index in [4.69, 9.17) is 16.3 Å². The van der Waals surface area contributed by atoms with Crippen LogP contribution in [-0.4, -0.2) is 24.1 Å². The molecule has 0 aliphatic heterocycles. The van der Waals surface area contributed by atoms with Crippen LogP contribution >= 0.6 is 11.6 Å². The van der Waals surface area contributed by atoms with Crippen LogP contribution in [0.4, 0.5) is 18.0 Å². The molecule has 3 aromatic carbocycles. The Morgan fingerprint density at radius 1 is 1.08 bits per heavy atom. The minimum absolute atomic E-state index is 0.205. The van der Waals surface area contributed by atoms with Crippen molar-refractivity contribution in [1.29, 1.82) is 0 Å².